The quantitative estimate of drug-likeness (QED) is 0.419. The number of benzene rings is 1. The monoisotopic (exact) mass is 328 g/mol. The molecule has 2 nitrogen and oxygen atoms in total. The summed E-state index contributed by atoms with van der Waals surface area (Å²) >= 11 is 0. The van der Waals surface area contributed by atoms with Gasteiger partial charge in [0.25, 0.3) is 0 Å². The summed E-state index contributed by atoms with van der Waals surface area (Å²) in [5.74, 6) is 0.742. The van der Waals surface area contributed by atoms with Gasteiger partial charge in [-0.2, -0.15) is 0 Å². The molecular formula is C22H32O2. The molecule has 1 saturated carbocycles. The summed E-state index contributed by atoms with van der Waals surface area (Å²) in [4.78, 5) is 10.6. The Hall–Kier alpha value is -1.57. The Bertz CT molecular complexity index is 507. The minimum Gasteiger partial charge on any atom is -0.478 e. The number of hydrogen-bond donors (Lipinski definition) is 1. The number of carboxylic acid groups (broad SMARTS) is 1. The Balaban J connectivity index is 1.73. The zero-order valence-corrected chi connectivity index (χ0v) is 15.0. The molecule has 0 heterocycles. The van der Waals surface area contributed by atoms with E-state index in [0.29, 0.717) is 5.92 Å². The molecule has 1 aromatic rings. The predicted molar refractivity (Wildman–Crippen MR) is 101 cm³/mol. The van der Waals surface area contributed by atoms with Crippen molar-refractivity contribution in [1.82, 2.24) is 0 Å². The van der Waals surface area contributed by atoms with Crippen LogP contribution in [0.3, 0.4) is 0 Å². The van der Waals surface area contributed by atoms with Crippen LogP contribution in [0.25, 0.3) is 6.08 Å². The van der Waals surface area contributed by atoms with Crippen molar-refractivity contribution in [2.45, 2.75) is 77.0 Å². The minimum atomic E-state index is -0.896. The van der Waals surface area contributed by atoms with Gasteiger partial charge in [0.05, 0.1) is 0 Å². The third kappa shape index (κ3) is 6.51. The van der Waals surface area contributed by atoms with Crippen LogP contribution in [0.5, 0.6) is 0 Å². The molecule has 0 amide bonds. The van der Waals surface area contributed by atoms with Crippen LogP contribution in [0.1, 0.15) is 88.2 Å². The maximum atomic E-state index is 10.6. The van der Waals surface area contributed by atoms with Gasteiger partial charge in [0.1, 0.15) is 0 Å². The summed E-state index contributed by atoms with van der Waals surface area (Å²) < 4.78 is 0. The number of carboxylic acids is 1. The molecule has 0 atom stereocenters. The van der Waals surface area contributed by atoms with Gasteiger partial charge in [-0.25, -0.2) is 4.79 Å². The Labute approximate surface area is 147 Å². The van der Waals surface area contributed by atoms with E-state index in [-0.39, 0.29) is 0 Å². The molecule has 0 radical (unpaired) electrons. The molecule has 1 aliphatic rings. The van der Waals surface area contributed by atoms with Crippen LogP contribution in [0.4, 0.5) is 0 Å². The van der Waals surface area contributed by atoms with Gasteiger partial charge in [0, 0.05) is 6.08 Å². The Morgan fingerprint density at radius 2 is 1.71 bits per heavy atom. The number of rotatable bonds is 9. The molecule has 1 N–H and O–H groups in total. The molecule has 132 valence electrons. The fourth-order valence-corrected chi connectivity index (χ4v) is 3.87. The second kappa shape index (κ2) is 10.3. The molecule has 0 aromatic heterocycles. The van der Waals surface area contributed by atoms with Gasteiger partial charge >= 0.3 is 5.97 Å². The molecule has 1 fully saturated rings. The lowest BCUT2D eigenvalue weighted by Gasteiger charge is -2.29. The lowest BCUT2D eigenvalue weighted by atomic mass is 9.77. The molecule has 1 aromatic carbocycles. The first kappa shape index (κ1) is 18.8. The molecule has 0 aliphatic heterocycles. The van der Waals surface area contributed by atoms with Crippen molar-refractivity contribution in [3.63, 3.8) is 0 Å². The van der Waals surface area contributed by atoms with Gasteiger partial charge in [0.15, 0.2) is 0 Å². The van der Waals surface area contributed by atoms with Crippen molar-refractivity contribution in [1.29, 1.82) is 0 Å². The van der Waals surface area contributed by atoms with Crippen molar-refractivity contribution < 1.29 is 9.90 Å². The predicted octanol–water partition coefficient (Wildman–Crippen LogP) is 6.42. The molecule has 0 unspecified atom stereocenters. The zero-order chi connectivity index (χ0) is 17.2. The van der Waals surface area contributed by atoms with Crippen molar-refractivity contribution in [2.75, 3.05) is 0 Å². The van der Waals surface area contributed by atoms with Crippen LogP contribution in [0.15, 0.2) is 30.3 Å². The summed E-state index contributed by atoms with van der Waals surface area (Å²) in [7, 11) is 0. The molecule has 0 bridgehead atoms. The van der Waals surface area contributed by atoms with E-state index in [4.69, 9.17) is 5.11 Å². The highest BCUT2D eigenvalue weighted by Gasteiger charge is 2.21. The van der Waals surface area contributed by atoms with Gasteiger partial charge in [-0.1, -0.05) is 69.7 Å². The summed E-state index contributed by atoms with van der Waals surface area (Å²) in [5, 5.41) is 8.68. The van der Waals surface area contributed by atoms with Crippen LogP contribution < -0.4 is 0 Å². The van der Waals surface area contributed by atoms with Gasteiger partial charge in [-0.05, 0) is 54.7 Å². The van der Waals surface area contributed by atoms with Crippen LogP contribution in [-0.2, 0) is 4.79 Å². The molecule has 0 saturated heterocycles. The van der Waals surface area contributed by atoms with Crippen molar-refractivity contribution in [3.05, 3.63) is 41.5 Å². The molecule has 2 heteroatoms. The zero-order valence-electron chi connectivity index (χ0n) is 15.0. The van der Waals surface area contributed by atoms with Crippen molar-refractivity contribution in [2.24, 2.45) is 5.92 Å². The van der Waals surface area contributed by atoms with Gasteiger partial charge in [0.2, 0.25) is 0 Å². The first-order valence-electron chi connectivity index (χ1n) is 9.70. The van der Waals surface area contributed by atoms with Gasteiger partial charge in [-0.15, -0.1) is 0 Å². The van der Waals surface area contributed by atoms with Crippen LogP contribution >= 0.6 is 0 Å². The molecule has 2 rings (SSSR count). The average Bonchev–Trinajstić information content (AvgIpc) is 2.61. The van der Waals surface area contributed by atoms with Gasteiger partial charge < -0.3 is 5.11 Å². The highest BCUT2D eigenvalue weighted by molar-refractivity contribution is 5.85. The Morgan fingerprint density at radius 1 is 1.04 bits per heavy atom. The number of hydrogen-bond acceptors (Lipinski definition) is 1. The first-order valence-corrected chi connectivity index (χ1v) is 9.70. The number of carbonyl (C=O) groups is 1. The maximum absolute atomic E-state index is 10.6. The van der Waals surface area contributed by atoms with E-state index < -0.39 is 5.97 Å². The fourth-order valence-electron chi connectivity index (χ4n) is 3.87. The van der Waals surface area contributed by atoms with Gasteiger partial charge in [-0.3, -0.25) is 0 Å². The first-order chi connectivity index (χ1) is 11.7. The SMILES string of the molecule is CCCCCCC[C@H]1CC[C@@H](c2ccc(/C=C/C(=O)O)cc2)CC1. The van der Waals surface area contributed by atoms with E-state index in [1.165, 1.54) is 75.8 Å². The highest BCUT2D eigenvalue weighted by Crippen LogP contribution is 2.37. The third-order valence-electron chi connectivity index (χ3n) is 5.39. The van der Waals surface area contributed by atoms with E-state index >= 15 is 0 Å². The standard InChI is InChI=1S/C22H32O2/c1-2-3-4-5-6-7-18-8-13-20(14-9-18)21-15-10-19(11-16-21)12-17-22(23)24/h10-12,15-18,20H,2-9,13-14H2,1H3,(H,23,24)/b17-12+/t18-,20+. The molecule has 0 spiro atoms. The highest BCUT2D eigenvalue weighted by atomic mass is 16.4. The largest absolute Gasteiger partial charge is 0.478 e. The van der Waals surface area contributed by atoms with Crippen LogP contribution in [0.2, 0.25) is 0 Å². The lowest BCUT2D eigenvalue weighted by Crippen LogP contribution is -2.13. The number of aliphatic carboxylic acids is 1. The van der Waals surface area contributed by atoms with Crippen LogP contribution in [0, 0.1) is 5.92 Å². The van der Waals surface area contributed by atoms with E-state index in [9.17, 15) is 4.79 Å². The van der Waals surface area contributed by atoms with Crippen molar-refractivity contribution >= 4 is 12.0 Å². The third-order valence-corrected chi connectivity index (χ3v) is 5.39. The normalized spacial score (nSPS) is 21.2. The van der Waals surface area contributed by atoms with E-state index in [1.807, 2.05) is 12.1 Å². The summed E-state index contributed by atoms with van der Waals surface area (Å²) in [6.07, 6.45) is 16.6. The summed E-state index contributed by atoms with van der Waals surface area (Å²) in [5.41, 5.74) is 2.38. The molecule has 1 aliphatic carbocycles. The smallest absolute Gasteiger partial charge is 0.328 e. The van der Waals surface area contributed by atoms with E-state index in [1.54, 1.807) is 6.08 Å². The Kier molecular flexibility index (Phi) is 8.07. The summed E-state index contributed by atoms with van der Waals surface area (Å²) in [6.45, 7) is 2.27. The van der Waals surface area contributed by atoms with E-state index in [0.717, 1.165) is 11.5 Å². The lowest BCUT2D eigenvalue weighted by molar-refractivity contribution is -0.131. The summed E-state index contributed by atoms with van der Waals surface area (Å²) in [6, 6.07) is 8.43. The second-order valence-corrected chi connectivity index (χ2v) is 7.26. The second-order valence-electron chi connectivity index (χ2n) is 7.26. The maximum Gasteiger partial charge on any atom is 0.328 e. The fraction of sp³-hybridized carbons (Fsp3) is 0.591. The topological polar surface area (TPSA) is 37.3 Å². The molecular weight excluding hydrogens is 296 g/mol. The van der Waals surface area contributed by atoms with Crippen molar-refractivity contribution in [3.8, 4) is 0 Å². The number of unbranched alkanes of at least 4 members (excludes halogenated alkanes) is 4. The Morgan fingerprint density at radius 3 is 2.33 bits per heavy atom. The molecule has 24 heavy (non-hydrogen) atoms. The van der Waals surface area contributed by atoms with Crippen LogP contribution in [-0.4, -0.2) is 11.1 Å². The van der Waals surface area contributed by atoms with E-state index in [2.05, 4.69) is 19.1 Å². The average molecular weight is 328 g/mol. The minimum absolute atomic E-state index is 0.693.